The molecule has 0 radical (unpaired) electrons. The summed E-state index contributed by atoms with van der Waals surface area (Å²) < 4.78 is 11.0. The van der Waals surface area contributed by atoms with Crippen molar-refractivity contribution in [1.29, 1.82) is 0 Å². The molecule has 0 unspecified atom stereocenters. The topological polar surface area (TPSA) is 47.6 Å². The van der Waals surface area contributed by atoms with Gasteiger partial charge in [-0.3, -0.25) is 4.79 Å². The number of carbonyl (C=O) groups excluding carboxylic acids is 1. The van der Waals surface area contributed by atoms with Crippen LogP contribution in [0, 0.1) is 5.92 Å². The molecule has 0 atom stereocenters. The molecule has 0 aliphatic carbocycles. The lowest BCUT2D eigenvalue weighted by Gasteiger charge is -2.15. The summed E-state index contributed by atoms with van der Waals surface area (Å²) in [6.45, 7) is 5.11. The second-order valence-electron chi connectivity index (χ2n) is 5.46. The number of rotatable bonds is 7. The van der Waals surface area contributed by atoms with E-state index in [2.05, 4.69) is 5.32 Å². The van der Waals surface area contributed by atoms with Crippen LogP contribution in [0.25, 0.3) is 0 Å². The standard InChI is InChI=1S/C17H20ClNO3S/c1-11(2)10-22-16-14(18)7-12(8-15(16)21-3)17(20)19-9-13-5-4-6-23-13/h4-8,11H,9-10H2,1-3H3,(H,19,20). The predicted molar refractivity (Wildman–Crippen MR) is 93.8 cm³/mol. The summed E-state index contributed by atoms with van der Waals surface area (Å²) in [6.07, 6.45) is 0. The van der Waals surface area contributed by atoms with Crippen LogP contribution in [0.4, 0.5) is 0 Å². The molecule has 0 aliphatic rings. The first-order chi connectivity index (χ1) is 11.0. The molecule has 1 amide bonds. The molecule has 124 valence electrons. The average Bonchev–Trinajstić information content (AvgIpc) is 3.03. The fraction of sp³-hybridized carbons (Fsp3) is 0.353. The molecule has 0 fully saturated rings. The van der Waals surface area contributed by atoms with Crippen molar-refractivity contribution >= 4 is 28.8 Å². The lowest BCUT2D eigenvalue weighted by atomic mass is 10.1. The van der Waals surface area contributed by atoms with Gasteiger partial charge in [-0.15, -0.1) is 11.3 Å². The summed E-state index contributed by atoms with van der Waals surface area (Å²) in [6, 6.07) is 7.17. The molecule has 0 saturated carbocycles. The van der Waals surface area contributed by atoms with E-state index in [1.807, 2.05) is 31.4 Å². The molecule has 23 heavy (non-hydrogen) atoms. The molecule has 1 aromatic carbocycles. The Morgan fingerprint density at radius 1 is 1.39 bits per heavy atom. The maximum Gasteiger partial charge on any atom is 0.251 e. The summed E-state index contributed by atoms with van der Waals surface area (Å²) in [5, 5.41) is 5.21. The number of ether oxygens (including phenoxy) is 2. The maximum absolute atomic E-state index is 12.3. The Kier molecular flexibility index (Phi) is 6.30. The lowest BCUT2D eigenvalue weighted by Crippen LogP contribution is -2.22. The smallest absolute Gasteiger partial charge is 0.251 e. The van der Waals surface area contributed by atoms with E-state index >= 15 is 0 Å². The summed E-state index contributed by atoms with van der Waals surface area (Å²) in [4.78, 5) is 13.4. The van der Waals surface area contributed by atoms with Gasteiger partial charge >= 0.3 is 0 Å². The highest BCUT2D eigenvalue weighted by molar-refractivity contribution is 7.09. The van der Waals surface area contributed by atoms with Gasteiger partial charge in [-0.2, -0.15) is 0 Å². The summed E-state index contributed by atoms with van der Waals surface area (Å²) >= 11 is 7.85. The van der Waals surface area contributed by atoms with E-state index in [1.165, 1.54) is 7.11 Å². The lowest BCUT2D eigenvalue weighted by molar-refractivity contribution is 0.0951. The second kappa shape index (κ2) is 8.22. The normalized spacial score (nSPS) is 10.7. The van der Waals surface area contributed by atoms with Gasteiger partial charge in [-0.1, -0.05) is 31.5 Å². The molecule has 4 nitrogen and oxygen atoms in total. The number of hydrogen-bond donors (Lipinski definition) is 1. The Morgan fingerprint density at radius 2 is 2.17 bits per heavy atom. The number of benzene rings is 1. The number of halogens is 1. The van der Waals surface area contributed by atoms with E-state index in [4.69, 9.17) is 21.1 Å². The van der Waals surface area contributed by atoms with Gasteiger partial charge in [0.1, 0.15) is 0 Å². The molecular weight excluding hydrogens is 334 g/mol. The average molecular weight is 354 g/mol. The van der Waals surface area contributed by atoms with Gasteiger partial charge in [0, 0.05) is 10.4 Å². The molecule has 1 aromatic heterocycles. The van der Waals surface area contributed by atoms with Crippen molar-refractivity contribution in [3.05, 3.63) is 45.1 Å². The number of methoxy groups -OCH3 is 1. The number of nitrogens with one attached hydrogen (secondary N) is 1. The summed E-state index contributed by atoms with van der Waals surface area (Å²) in [5.41, 5.74) is 0.445. The third-order valence-corrected chi connectivity index (χ3v) is 4.21. The minimum Gasteiger partial charge on any atom is -0.493 e. The highest BCUT2D eigenvalue weighted by Crippen LogP contribution is 2.36. The van der Waals surface area contributed by atoms with Crippen molar-refractivity contribution in [2.75, 3.05) is 13.7 Å². The van der Waals surface area contributed by atoms with E-state index in [-0.39, 0.29) is 5.91 Å². The zero-order valence-corrected chi connectivity index (χ0v) is 15.0. The van der Waals surface area contributed by atoms with Gasteiger partial charge < -0.3 is 14.8 Å². The third-order valence-electron chi connectivity index (χ3n) is 3.06. The van der Waals surface area contributed by atoms with E-state index in [0.29, 0.717) is 41.2 Å². The zero-order chi connectivity index (χ0) is 16.8. The minimum atomic E-state index is -0.200. The molecule has 2 aromatic rings. The van der Waals surface area contributed by atoms with Gasteiger partial charge in [0.15, 0.2) is 11.5 Å². The van der Waals surface area contributed by atoms with E-state index in [9.17, 15) is 4.79 Å². The van der Waals surface area contributed by atoms with Crippen LogP contribution < -0.4 is 14.8 Å². The molecule has 2 rings (SSSR count). The zero-order valence-electron chi connectivity index (χ0n) is 13.4. The Hall–Kier alpha value is -1.72. The summed E-state index contributed by atoms with van der Waals surface area (Å²) in [5.74, 6) is 1.09. The molecule has 0 saturated heterocycles. The van der Waals surface area contributed by atoms with Crippen LogP contribution in [-0.4, -0.2) is 19.6 Å². The SMILES string of the molecule is COc1cc(C(=O)NCc2cccs2)cc(Cl)c1OCC(C)C. The number of hydrogen-bond acceptors (Lipinski definition) is 4. The van der Waals surface area contributed by atoms with Crippen LogP contribution in [0.5, 0.6) is 11.5 Å². The van der Waals surface area contributed by atoms with E-state index < -0.39 is 0 Å². The Morgan fingerprint density at radius 3 is 2.78 bits per heavy atom. The highest BCUT2D eigenvalue weighted by Gasteiger charge is 2.16. The molecule has 0 spiro atoms. The van der Waals surface area contributed by atoms with Gasteiger partial charge in [-0.05, 0) is 29.5 Å². The number of carbonyl (C=O) groups is 1. The van der Waals surface area contributed by atoms with Crippen LogP contribution in [0.1, 0.15) is 29.1 Å². The summed E-state index contributed by atoms with van der Waals surface area (Å²) in [7, 11) is 1.53. The fourth-order valence-electron chi connectivity index (χ4n) is 1.92. The second-order valence-corrected chi connectivity index (χ2v) is 6.90. The van der Waals surface area contributed by atoms with Crippen molar-refractivity contribution in [2.24, 2.45) is 5.92 Å². The number of amides is 1. The minimum absolute atomic E-state index is 0.200. The van der Waals surface area contributed by atoms with Crippen molar-refractivity contribution in [2.45, 2.75) is 20.4 Å². The first kappa shape index (κ1) is 17.6. The van der Waals surface area contributed by atoms with Gasteiger partial charge in [-0.25, -0.2) is 0 Å². The Bertz CT molecular complexity index is 656. The first-order valence-corrected chi connectivity index (χ1v) is 8.58. The van der Waals surface area contributed by atoms with Crippen molar-refractivity contribution < 1.29 is 14.3 Å². The highest BCUT2D eigenvalue weighted by atomic mass is 35.5. The van der Waals surface area contributed by atoms with E-state index in [0.717, 1.165) is 4.88 Å². The molecule has 0 aliphatic heterocycles. The third kappa shape index (κ3) is 4.88. The van der Waals surface area contributed by atoms with Crippen LogP contribution in [0.3, 0.4) is 0 Å². The van der Waals surface area contributed by atoms with E-state index in [1.54, 1.807) is 23.5 Å². The monoisotopic (exact) mass is 353 g/mol. The van der Waals surface area contributed by atoms with Crippen LogP contribution in [-0.2, 0) is 6.54 Å². The van der Waals surface area contributed by atoms with Gasteiger partial charge in [0.2, 0.25) is 0 Å². The van der Waals surface area contributed by atoms with Crippen LogP contribution in [0.15, 0.2) is 29.6 Å². The Balaban J connectivity index is 2.12. The Labute approximate surface area is 145 Å². The first-order valence-electron chi connectivity index (χ1n) is 7.32. The molecule has 6 heteroatoms. The van der Waals surface area contributed by atoms with Crippen LogP contribution in [0.2, 0.25) is 5.02 Å². The van der Waals surface area contributed by atoms with Gasteiger partial charge in [0.05, 0.1) is 25.3 Å². The predicted octanol–water partition coefficient (Wildman–Crippen LogP) is 4.37. The largest absolute Gasteiger partial charge is 0.493 e. The quantitative estimate of drug-likeness (QED) is 0.803. The van der Waals surface area contributed by atoms with Crippen LogP contribution >= 0.6 is 22.9 Å². The number of thiophene rings is 1. The van der Waals surface area contributed by atoms with Crippen molar-refractivity contribution in [1.82, 2.24) is 5.32 Å². The molecule has 0 bridgehead atoms. The van der Waals surface area contributed by atoms with Crippen molar-refractivity contribution in [3.63, 3.8) is 0 Å². The van der Waals surface area contributed by atoms with Gasteiger partial charge in [0.25, 0.3) is 5.91 Å². The molecular formula is C17H20ClNO3S. The maximum atomic E-state index is 12.3. The van der Waals surface area contributed by atoms with Crippen molar-refractivity contribution in [3.8, 4) is 11.5 Å². The molecule has 1 N–H and O–H groups in total. The molecule has 1 heterocycles. The fourth-order valence-corrected chi connectivity index (χ4v) is 2.83.